The van der Waals surface area contributed by atoms with Gasteiger partial charge in [0.25, 0.3) is 0 Å². The number of benzene rings is 2. The van der Waals surface area contributed by atoms with Crippen molar-refractivity contribution in [3.8, 4) is 0 Å². The van der Waals surface area contributed by atoms with Crippen LogP contribution in [0, 0.1) is 6.92 Å². The molecule has 0 amide bonds. The van der Waals surface area contributed by atoms with Gasteiger partial charge in [0, 0.05) is 10.8 Å². The summed E-state index contributed by atoms with van der Waals surface area (Å²) in [6.45, 7) is 1.93. The van der Waals surface area contributed by atoms with E-state index in [1.807, 2.05) is 31.2 Å². The highest BCUT2D eigenvalue weighted by Gasteiger charge is 2.29. The summed E-state index contributed by atoms with van der Waals surface area (Å²) >= 11 is 0. The lowest BCUT2D eigenvalue weighted by Crippen LogP contribution is -2.13. The van der Waals surface area contributed by atoms with Crippen LogP contribution in [0.2, 0.25) is 0 Å². The van der Waals surface area contributed by atoms with Gasteiger partial charge >= 0.3 is 6.18 Å². The van der Waals surface area contributed by atoms with Crippen molar-refractivity contribution in [3.63, 3.8) is 0 Å². The summed E-state index contributed by atoms with van der Waals surface area (Å²) < 4.78 is 38.1. The Kier molecular flexibility index (Phi) is 2.89. The second kappa shape index (κ2) is 4.47. The van der Waals surface area contributed by atoms with Gasteiger partial charge in [-0.2, -0.15) is 13.2 Å². The van der Waals surface area contributed by atoms with E-state index < -0.39 is 12.6 Å². The molecular weight excluding hydrogens is 263 g/mol. The van der Waals surface area contributed by atoms with Gasteiger partial charge in [-0.05, 0) is 18.4 Å². The van der Waals surface area contributed by atoms with Crippen molar-refractivity contribution in [1.29, 1.82) is 0 Å². The third-order valence-electron chi connectivity index (χ3n) is 3.30. The maximum atomic E-state index is 12.7. The normalized spacial score (nSPS) is 12.2. The Morgan fingerprint density at radius 2 is 1.70 bits per heavy atom. The number of hydrogen-bond acceptors (Lipinski definition) is 1. The molecular formula is C16H12F3N. The monoisotopic (exact) mass is 275 g/mol. The maximum Gasteiger partial charge on any atom is 0.394 e. The average molecular weight is 275 g/mol. The highest BCUT2D eigenvalue weighted by molar-refractivity contribution is 6.06. The van der Waals surface area contributed by atoms with E-state index in [0.717, 1.165) is 16.3 Å². The second-order valence-electron chi connectivity index (χ2n) is 4.92. The van der Waals surface area contributed by atoms with E-state index in [9.17, 15) is 13.2 Å². The molecule has 1 nitrogen and oxygen atoms in total. The third kappa shape index (κ3) is 2.33. The van der Waals surface area contributed by atoms with E-state index in [0.29, 0.717) is 10.9 Å². The Morgan fingerprint density at radius 3 is 2.45 bits per heavy atom. The molecule has 0 aliphatic carbocycles. The molecule has 1 aromatic heterocycles. The number of hydrogen-bond donors (Lipinski definition) is 0. The zero-order valence-electron chi connectivity index (χ0n) is 10.8. The molecule has 0 saturated heterocycles. The van der Waals surface area contributed by atoms with Crippen LogP contribution in [0.5, 0.6) is 0 Å². The molecule has 0 aliphatic rings. The van der Waals surface area contributed by atoms with E-state index in [2.05, 4.69) is 4.98 Å². The molecule has 0 fully saturated rings. The van der Waals surface area contributed by atoms with Crippen LogP contribution in [0.1, 0.15) is 11.3 Å². The Hall–Kier alpha value is -2.10. The van der Waals surface area contributed by atoms with E-state index in [1.165, 1.54) is 0 Å². The predicted molar refractivity (Wildman–Crippen MR) is 73.7 cm³/mol. The summed E-state index contributed by atoms with van der Waals surface area (Å²) in [5.74, 6) is 0. The molecule has 0 spiro atoms. The first-order chi connectivity index (χ1) is 9.44. The third-order valence-corrected chi connectivity index (χ3v) is 3.30. The second-order valence-corrected chi connectivity index (χ2v) is 4.92. The zero-order chi connectivity index (χ0) is 14.3. The predicted octanol–water partition coefficient (Wildman–Crippen LogP) is 4.80. The molecule has 102 valence electrons. The molecule has 20 heavy (non-hydrogen) atoms. The maximum absolute atomic E-state index is 12.7. The molecule has 0 bridgehead atoms. The first-order valence-corrected chi connectivity index (χ1v) is 6.29. The minimum atomic E-state index is -4.26. The summed E-state index contributed by atoms with van der Waals surface area (Å²) in [6, 6.07) is 12.8. The molecule has 3 rings (SSSR count). The number of alkyl halides is 3. The standard InChI is InChI=1S/C16H12F3N/c1-10-6-7-12-13(8-10)11-4-2-3-5-14(11)20-15(12)9-16(17,18)19/h2-8H,9H2,1H3. The van der Waals surface area contributed by atoms with Gasteiger partial charge in [0.15, 0.2) is 0 Å². The van der Waals surface area contributed by atoms with Crippen LogP contribution in [-0.2, 0) is 6.42 Å². The molecule has 0 radical (unpaired) electrons. The topological polar surface area (TPSA) is 12.9 Å². The minimum absolute atomic E-state index is 0.0891. The van der Waals surface area contributed by atoms with Crippen molar-refractivity contribution in [2.45, 2.75) is 19.5 Å². The summed E-state index contributed by atoms with van der Waals surface area (Å²) in [6.07, 6.45) is -5.26. The highest BCUT2D eigenvalue weighted by atomic mass is 19.4. The van der Waals surface area contributed by atoms with Gasteiger partial charge in [-0.3, -0.25) is 4.98 Å². The van der Waals surface area contributed by atoms with Crippen LogP contribution in [0.15, 0.2) is 42.5 Å². The van der Waals surface area contributed by atoms with Crippen LogP contribution in [0.4, 0.5) is 13.2 Å². The number of aromatic nitrogens is 1. The molecule has 3 aromatic rings. The Labute approximate surface area is 114 Å². The van der Waals surface area contributed by atoms with Gasteiger partial charge in [-0.25, -0.2) is 0 Å². The molecule has 0 saturated carbocycles. The quantitative estimate of drug-likeness (QED) is 0.581. The smallest absolute Gasteiger partial charge is 0.252 e. The molecule has 0 N–H and O–H groups in total. The lowest BCUT2D eigenvalue weighted by Gasteiger charge is -2.12. The van der Waals surface area contributed by atoms with E-state index in [-0.39, 0.29) is 5.69 Å². The number of aryl methyl sites for hydroxylation is 1. The number of halogens is 3. The summed E-state index contributed by atoms with van der Waals surface area (Å²) in [5.41, 5.74) is 1.71. The Bertz CT molecular complexity index is 791. The summed E-state index contributed by atoms with van der Waals surface area (Å²) in [4.78, 5) is 4.20. The van der Waals surface area contributed by atoms with Crippen LogP contribution in [0.3, 0.4) is 0 Å². The number of nitrogens with zero attached hydrogens (tertiary/aromatic N) is 1. The van der Waals surface area contributed by atoms with Gasteiger partial charge in [-0.1, -0.05) is 42.0 Å². The number of para-hydroxylation sites is 1. The van der Waals surface area contributed by atoms with Gasteiger partial charge in [0.2, 0.25) is 0 Å². The SMILES string of the molecule is Cc1ccc2c(CC(F)(F)F)nc3ccccc3c2c1. The number of rotatable bonds is 1. The van der Waals surface area contributed by atoms with Gasteiger partial charge < -0.3 is 0 Å². The molecule has 2 aromatic carbocycles. The van der Waals surface area contributed by atoms with Crippen LogP contribution in [0.25, 0.3) is 21.7 Å². The van der Waals surface area contributed by atoms with Gasteiger partial charge in [0.05, 0.1) is 17.6 Å². The van der Waals surface area contributed by atoms with Crippen molar-refractivity contribution in [2.75, 3.05) is 0 Å². The van der Waals surface area contributed by atoms with Crippen LogP contribution < -0.4 is 0 Å². The van der Waals surface area contributed by atoms with Crippen molar-refractivity contribution in [2.24, 2.45) is 0 Å². The molecule has 0 atom stereocenters. The average Bonchev–Trinajstić information content (AvgIpc) is 2.37. The summed E-state index contributed by atoms with van der Waals surface area (Å²) in [7, 11) is 0. The first-order valence-electron chi connectivity index (χ1n) is 6.29. The van der Waals surface area contributed by atoms with Gasteiger partial charge in [-0.15, -0.1) is 0 Å². The Morgan fingerprint density at radius 1 is 0.950 bits per heavy atom. The fraction of sp³-hybridized carbons (Fsp3) is 0.188. The molecule has 1 heterocycles. The van der Waals surface area contributed by atoms with Crippen molar-refractivity contribution in [1.82, 2.24) is 4.98 Å². The van der Waals surface area contributed by atoms with Crippen molar-refractivity contribution >= 4 is 21.7 Å². The number of pyridine rings is 1. The van der Waals surface area contributed by atoms with Gasteiger partial charge in [0.1, 0.15) is 0 Å². The van der Waals surface area contributed by atoms with E-state index in [4.69, 9.17) is 0 Å². The fourth-order valence-electron chi connectivity index (χ4n) is 2.46. The molecule has 0 aliphatic heterocycles. The van der Waals surface area contributed by atoms with E-state index >= 15 is 0 Å². The van der Waals surface area contributed by atoms with Crippen LogP contribution in [-0.4, -0.2) is 11.2 Å². The lowest BCUT2D eigenvalue weighted by atomic mass is 10.0. The first kappa shape index (κ1) is 12.9. The largest absolute Gasteiger partial charge is 0.394 e. The zero-order valence-corrected chi connectivity index (χ0v) is 10.8. The highest BCUT2D eigenvalue weighted by Crippen LogP contribution is 2.30. The lowest BCUT2D eigenvalue weighted by molar-refractivity contribution is -0.127. The molecule has 4 heteroatoms. The van der Waals surface area contributed by atoms with Crippen LogP contribution >= 0.6 is 0 Å². The summed E-state index contributed by atoms with van der Waals surface area (Å²) in [5, 5.41) is 2.29. The minimum Gasteiger partial charge on any atom is -0.252 e. The van der Waals surface area contributed by atoms with E-state index in [1.54, 1.807) is 18.2 Å². The number of fused-ring (bicyclic) bond motifs is 3. The fourth-order valence-corrected chi connectivity index (χ4v) is 2.46. The van der Waals surface area contributed by atoms with Crippen molar-refractivity contribution in [3.05, 3.63) is 53.7 Å². The molecule has 0 unspecified atom stereocenters. The Balaban J connectivity index is 2.38. The van der Waals surface area contributed by atoms with Crippen molar-refractivity contribution < 1.29 is 13.2 Å².